The van der Waals surface area contributed by atoms with Crippen LogP contribution < -0.4 is 5.73 Å². The van der Waals surface area contributed by atoms with Crippen LogP contribution in [0.15, 0.2) is 40.9 Å². The number of aromatic hydroxyl groups is 1. The molecular formula is C13H9ClN2O2. The number of phenolic OH excluding ortho intramolecular Hbond substituents is 1. The SMILES string of the molecule is Nc1cc(-c2c(O)ccc3cc(Cl)ccc23)on1. The predicted octanol–water partition coefficient (Wildman–Crippen LogP) is 3.44. The number of hydrogen-bond acceptors (Lipinski definition) is 4. The van der Waals surface area contributed by atoms with Gasteiger partial charge in [-0.25, -0.2) is 0 Å². The van der Waals surface area contributed by atoms with Crippen LogP contribution in [0.2, 0.25) is 5.02 Å². The van der Waals surface area contributed by atoms with Gasteiger partial charge in [-0.3, -0.25) is 0 Å². The third-order valence-corrected chi connectivity index (χ3v) is 2.97. The monoisotopic (exact) mass is 260 g/mol. The normalized spacial score (nSPS) is 10.9. The van der Waals surface area contributed by atoms with E-state index in [4.69, 9.17) is 21.9 Å². The van der Waals surface area contributed by atoms with Crippen LogP contribution in [0.5, 0.6) is 5.75 Å². The highest BCUT2D eigenvalue weighted by molar-refractivity contribution is 6.31. The average molecular weight is 261 g/mol. The molecule has 90 valence electrons. The van der Waals surface area contributed by atoms with Crippen molar-refractivity contribution >= 4 is 28.2 Å². The summed E-state index contributed by atoms with van der Waals surface area (Å²) in [7, 11) is 0. The van der Waals surface area contributed by atoms with Crippen LogP contribution in [0.4, 0.5) is 5.82 Å². The van der Waals surface area contributed by atoms with E-state index in [-0.39, 0.29) is 11.6 Å². The third-order valence-electron chi connectivity index (χ3n) is 2.73. The zero-order valence-electron chi connectivity index (χ0n) is 9.22. The van der Waals surface area contributed by atoms with Crippen molar-refractivity contribution in [3.63, 3.8) is 0 Å². The fraction of sp³-hybridized carbons (Fsp3) is 0. The summed E-state index contributed by atoms with van der Waals surface area (Å²) in [5, 5.41) is 16.0. The lowest BCUT2D eigenvalue weighted by Gasteiger charge is -2.06. The Hall–Kier alpha value is -2.20. The summed E-state index contributed by atoms with van der Waals surface area (Å²) < 4.78 is 5.10. The molecule has 0 spiro atoms. The number of nitrogens with two attached hydrogens (primary N) is 1. The van der Waals surface area contributed by atoms with E-state index >= 15 is 0 Å². The number of benzene rings is 2. The van der Waals surface area contributed by atoms with E-state index in [1.165, 1.54) is 0 Å². The van der Waals surface area contributed by atoms with Crippen LogP contribution in [0.25, 0.3) is 22.1 Å². The van der Waals surface area contributed by atoms with Gasteiger partial charge < -0.3 is 15.4 Å². The van der Waals surface area contributed by atoms with Crippen molar-refractivity contribution in [2.45, 2.75) is 0 Å². The number of fused-ring (bicyclic) bond motifs is 1. The first-order chi connectivity index (χ1) is 8.65. The van der Waals surface area contributed by atoms with E-state index < -0.39 is 0 Å². The van der Waals surface area contributed by atoms with Gasteiger partial charge in [0, 0.05) is 11.1 Å². The van der Waals surface area contributed by atoms with Gasteiger partial charge >= 0.3 is 0 Å². The molecular weight excluding hydrogens is 252 g/mol. The van der Waals surface area contributed by atoms with Crippen molar-refractivity contribution in [1.82, 2.24) is 5.16 Å². The molecule has 0 amide bonds. The lowest BCUT2D eigenvalue weighted by Crippen LogP contribution is -1.82. The summed E-state index contributed by atoms with van der Waals surface area (Å²) in [6, 6.07) is 10.4. The molecule has 5 heteroatoms. The van der Waals surface area contributed by atoms with Gasteiger partial charge in [0.25, 0.3) is 0 Å². The minimum atomic E-state index is 0.112. The number of nitrogen functional groups attached to an aromatic ring is 1. The second-order valence-electron chi connectivity index (χ2n) is 3.94. The second-order valence-corrected chi connectivity index (χ2v) is 4.38. The Morgan fingerprint density at radius 1 is 1.17 bits per heavy atom. The summed E-state index contributed by atoms with van der Waals surface area (Å²) in [5.74, 6) is 0.814. The minimum absolute atomic E-state index is 0.112. The molecule has 18 heavy (non-hydrogen) atoms. The minimum Gasteiger partial charge on any atom is -0.507 e. The van der Waals surface area contributed by atoms with Gasteiger partial charge in [-0.2, -0.15) is 0 Å². The fourth-order valence-corrected chi connectivity index (χ4v) is 2.14. The molecule has 0 aliphatic carbocycles. The zero-order valence-corrected chi connectivity index (χ0v) is 9.98. The number of hydrogen-bond donors (Lipinski definition) is 2. The number of aromatic nitrogens is 1. The van der Waals surface area contributed by atoms with Gasteiger partial charge in [-0.1, -0.05) is 28.9 Å². The largest absolute Gasteiger partial charge is 0.507 e. The summed E-state index contributed by atoms with van der Waals surface area (Å²) >= 11 is 5.94. The summed E-state index contributed by atoms with van der Waals surface area (Å²) in [4.78, 5) is 0. The highest BCUT2D eigenvalue weighted by Gasteiger charge is 2.14. The van der Waals surface area contributed by atoms with Crippen molar-refractivity contribution in [3.05, 3.63) is 41.4 Å². The Labute approximate surface area is 108 Å². The summed E-state index contributed by atoms with van der Waals surface area (Å²) in [5.41, 5.74) is 6.09. The van der Waals surface area contributed by atoms with E-state index in [2.05, 4.69) is 5.16 Å². The van der Waals surface area contributed by atoms with Crippen LogP contribution in [-0.2, 0) is 0 Å². The quantitative estimate of drug-likeness (QED) is 0.703. The molecule has 0 aliphatic heterocycles. The molecule has 0 unspecified atom stereocenters. The van der Waals surface area contributed by atoms with Crippen LogP contribution in [0.1, 0.15) is 0 Å². The highest BCUT2D eigenvalue weighted by atomic mass is 35.5. The highest BCUT2D eigenvalue weighted by Crippen LogP contribution is 2.37. The maximum absolute atomic E-state index is 9.98. The molecule has 1 aromatic heterocycles. The Bertz CT molecular complexity index is 737. The van der Waals surface area contributed by atoms with E-state index in [0.717, 1.165) is 10.8 Å². The topological polar surface area (TPSA) is 72.3 Å². The summed E-state index contributed by atoms with van der Waals surface area (Å²) in [6.45, 7) is 0. The van der Waals surface area contributed by atoms with Crippen molar-refractivity contribution < 1.29 is 9.63 Å². The Morgan fingerprint density at radius 2 is 2.00 bits per heavy atom. The van der Waals surface area contributed by atoms with E-state index in [9.17, 15) is 5.11 Å². The molecule has 0 saturated carbocycles. The molecule has 0 saturated heterocycles. The molecule has 4 nitrogen and oxygen atoms in total. The second kappa shape index (κ2) is 3.92. The molecule has 0 bridgehead atoms. The van der Waals surface area contributed by atoms with Crippen molar-refractivity contribution in [1.29, 1.82) is 0 Å². The van der Waals surface area contributed by atoms with Gasteiger partial charge in [0.15, 0.2) is 11.6 Å². The van der Waals surface area contributed by atoms with E-state index in [1.54, 1.807) is 24.3 Å². The van der Waals surface area contributed by atoms with Crippen LogP contribution >= 0.6 is 11.6 Å². The first-order valence-corrected chi connectivity index (χ1v) is 5.67. The first-order valence-electron chi connectivity index (χ1n) is 5.29. The Morgan fingerprint density at radius 3 is 2.72 bits per heavy atom. The Balaban J connectivity index is 2.36. The summed E-state index contributed by atoms with van der Waals surface area (Å²) in [6.07, 6.45) is 0. The maximum atomic E-state index is 9.98. The standard InChI is InChI=1S/C13H9ClN2O2/c14-8-2-3-9-7(5-8)1-4-10(17)13(9)11-6-12(15)16-18-11/h1-6,17H,(H2,15,16). The number of phenols is 1. The molecule has 1 heterocycles. The van der Waals surface area contributed by atoms with Crippen molar-refractivity contribution in [2.75, 3.05) is 5.73 Å². The number of nitrogens with zero attached hydrogens (tertiary/aromatic N) is 1. The lowest BCUT2D eigenvalue weighted by molar-refractivity contribution is 0.430. The fourth-order valence-electron chi connectivity index (χ4n) is 1.95. The molecule has 2 aromatic carbocycles. The van der Waals surface area contributed by atoms with E-state index in [0.29, 0.717) is 16.3 Å². The van der Waals surface area contributed by atoms with E-state index in [1.807, 2.05) is 12.1 Å². The smallest absolute Gasteiger partial charge is 0.173 e. The Kier molecular flexibility index (Phi) is 2.38. The van der Waals surface area contributed by atoms with Crippen molar-refractivity contribution in [3.8, 4) is 17.1 Å². The van der Waals surface area contributed by atoms with Gasteiger partial charge in [-0.15, -0.1) is 0 Å². The molecule has 3 rings (SSSR count). The molecule has 0 radical (unpaired) electrons. The van der Waals surface area contributed by atoms with Gasteiger partial charge in [0.05, 0.1) is 5.56 Å². The lowest BCUT2D eigenvalue weighted by atomic mass is 10.0. The average Bonchev–Trinajstić information content (AvgIpc) is 2.76. The predicted molar refractivity (Wildman–Crippen MR) is 70.5 cm³/mol. The zero-order chi connectivity index (χ0) is 12.7. The third kappa shape index (κ3) is 1.67. The van der Waals surface area contributed by atoms with Crippen LogP contribution in [0.3, 0.4) is 0 Å². The molecule has 0 aliphatic rings. The van der Waals surface area contributed by atoms with Gasteiger partial charge in [-0.05, 0) is 29.0 Å². The van der Waals surface area contributed by atoms with Crippen LogP contribution in [-0.4, -0.2) is 10.3 Å². The maximum Gasteiger partial charge on any atom is 0.173 e. The first kappa shape index (κ1) is 10.9. The molecule has 3 N–H and O–H groups in total. The van der Waals surface area contributed by atoms with Gasteiger partial charge in [0.1, 0.15) is 5.75 Å². The van der Waals surface area contributed by atoms with Gasteiger partial charge in [0.2, 0.25) is 0 Å². The van der Waals surface area contributed by atoms with Crippen LogP contribution in [0, 0.1) is 0 Å². The number of halogens is 1. The molecule has 0 atom stereocenters. The molecule has 0 fully saturated rings. The van der Waals surface area contributed by atoms with Crippen molar-refractivity contribution in [2.24, 2.45) is 0 Å². The number of anilines is 1. The molecule has 3 aromatic rings. The number of rotatable bonds is 1.